The molecule has 0 saturated heterocycles. The number of nitro benzene ring substituents is 1. The van der Waals surface area contributed by atoms with Gasteiger partial charge in [-0.25, -0.2) is 0 Å². The fraction of sp³-hybridized carbons (Fsp3) is 0.0625. The molecular weight excluding hydrogens is 300 g/mol. The van der Waals surface area contributed by atoms with E-state index in [0.717, 1.165) is 10.5 Å². The maximum absolute atomic E-state index is 11.2. The van der Waals surface area contributed by atoms with Crippen molar-refractivity contribution in [2.45, 2.75) is 16.7 Å². The van der Waals surface area contributed by atoms with Gasteiger partial charge in [-0.05, 0) is 36.8 Å². The van der Waals surface area contributed by atoms with Gasteiger partial charge in [-0.15, -0.1) is 0 Å². The molecule has 112 valence electrons. The van der Waals surface area contributed by atoms with E-state index in [1.165, 1.54) is 30.0 Å². The highest BCUT2D eigenvalue weighted by Gasteiger charge is 2.15. The average Bonchev–Trinajstić information content (AvgIpc) is 2.48. The van der Waals surface area contributed by atoms with Crippen molar-refractivity contribution >= 4 is 29.4 Å². The standard InChI is InChI=1S/C16H14N2O3S/c1-11-2-6-13(7-3-11)22-15-8-4-12(5-9-16(17)19)10-14(15)18(20)21/h2-10H,1H3,(H2,17,19)/b9-5+. The van der Waals surface area contributed by atoms with Crippen LogP contribution in [0.3, 0.4) is 0 Å². The van der Waals surface area contributed by atoms with E-state index in [2.05, 4.69) is 0 Å². The topological polar surface area (TPSA) is 86.2 Å². The van der Waals surface area contributed by atoms with Crippen LogP contribution >= 0.6 is 11.8 Å². The molecule has 6 heteroatoms. The molecule has 0 aliphatic carbocycles. The van der Waals surface area contributed by atoms with Crippen molar-refractivity contribution in [1.29, 1.82) is 0 Å². The molecule has 2 N–H and O–H groups in total. The van der Waals surface area contributed by atoms with Gasteiger partial charge < -0.3 is 5.73 Å². The van der Waals surface area contributed by atoms with Gasteiger partial charge in [0.1, 0.15) is 0 Å². The number of carbonyl (C=O) groups excluding carboxylic acids is 1. The van der Waals surface area contributed by atoms with Gasteiger partial charge in [0.15, 0.2) is 0 Å². The van der Waals surface area contributed by atoms with E-state index in [9.17, 15) is 14.9 Å². The molecule has 0 aliphatic heterocycles. The number of rotatable bonds is 5. The molecular formula is C16H14N2O3S. The van der Waals surface area contributed by atoms with Crippen molar-refractivity contribution in [2.75, 3.05) is 0 Å². The molecule has 2 rings (SSSR count). The minimum absolute atomic E-state index is 0.00260. The van der Waals surface area contributed by atoms with E-state index < -0.39 is 10.8 Å². The molecule has 0 atom stereocenters. The van der Waals surface area contributed by atoms with Gasteiger partial charge in [-0.2, -0.15) is 0 Å². The van der Waals surface area contributed by atoms with E-state index >= 15 is 0 Å². The summed E-state index contributed by atoms with van der Waals surface area (Å²) in [5.74, 6) is -0.597. The minimum Gasteiger partial charge on any atom is -0.366 e. The lowest BCUT2D eigenvalue weighted by atomic mass is 10.2. The molecule has 22 heavy (non-hydrogen) atoms. The number of nitrogens with two attached hydrogens (primary N) is 1. The van der Waals surface area contributed by atoms with Crippen LogP contribution in [0, 0.1) is 17.0 Å². The third kappa shape index (κ3) is 4.20. The van der Waals surface area contributed by atoms with Gasteiger partial charge in [0.2, 0.25) is 5.91 Å². The third-order valence-corrected chi connectivity index (χ3v) is 3.94. The predicted octanol–water partition coefficient (Wildman–Crippen LogP) is 3.55. The number of hydrogen-bond acceptors (Lipinski definition) is 4. The molecule has 1 amide bonds. The first-order valence-electron chi connectivity index (χ1n) is 6.46. The average molecular weight is 314 g/mol. The van der Waals surface area contributed by atoms with Crippen LogP contribution in [0.15, 0.2) is 58.3 Å². The first-order valence-corrected chi connectivity index (χ1v) is 7.28. The van der Waals surface area contributed by atoms with Crippen molar-refractivity contribution in [3.8, 4) is 0 Å². The Morgan fingerprint density at radius 1 is 1.23 bits per heavy atom. The monoisotopic (exact) mass is 314 g/mol. The van der Waals surface area contributed by atoms with Crippen LogP contribution in [-0.4, -0.2) is 10.8 Å². The molecule has 0 radical (unpaired) electrons. The highest BCUT2D eigenvalue weighted by molar-refractivity contribution is 7.99. The Morgan fingerprint density at radius 3 is 2.50 bits per heavy atom. The van der Waals surface area contributed by atoms with Crippen molar-refractivity contribution < 1.29 is 9.72 Å². The van der Waals surface area contributed by atoms with Gasteiger partial charge >= 0.3 is 0 Å². The van der Waals surface area contributed by atoms with Crippen molar-refractivity contribution in [2.24, 2.45) is 5.73 Å². The zero-order chi connectivity index (χ0) is 16.1. The summed E-state index contributed by atoms with van der Waals surface area (Å²) in [6.07, 6.45) is 2.63. The van der Waals surface area contributed by atoms with E-state index in [1.54, 1.807) is 12.1 Å². The first-order chi connectivity index (χ1) is 10.5. The summed E-state index contributed by atoms with van der Waals surface area (Å²) in [5.41, 5.74) is 6.70. The van der Waals surface area contributed by atoms with E-state index in [4.69, 9.17) is 5.73 Å². The van der Waals surface area contributed by atoms with Crippen molar-refractivity contribution in [3.63, 3.8) is 0 Å². The maximum Gasteiger partial charge on any atom is 0.283 e. The summed E-state index contributed by atoms with van der Waals surface area (Å²) in [4.78, 5) is 23.0. The number of amides is 1. The largest absolute Gasteiger partial charge is 0.366 e. The van der Waals surface area contributed by atoms with Crippen LogP contribution < -0.4 is 5.73 Å². The van der Waals surface area contributed by atoms with Gasteiger partial charge in [0.05, 0.1) is 9.82 Å². The lowest BCUT2D eigenvalue weighted by Gasteiger charge is -2.04. The second-order valence-corrected chi connectivity index (χ2v) is 5.75. The maximum atomic E-state index is 11.2. The highest BCUT2D eigenvalue weighted by Crippen LogP contribution is 2.35. The fourth-order valence-electron chi connectivity index (χ4n) is 1.78. The van der Waals surface area contributed by atoms with E-state index in [0.29, 0.717) is 10.5 Å². The Kier molecular flexibility index (Phi) is 4.95. The number of benzene rings is 2. The van der Waals surface area contributed by atoms with Crippen LogP contribution in [-0.2, 0) is 4.79 Å². The smallest absolute Gasteiger partial charge is 0.283 e. The molecule has 2 aromatic carbocycles. The molecule has 2 aromatic rings. The van der Waals surface area contributed by atoms with Crippen LogP contribution in [0.1, 0.15) is 11.1 Å². The number of carbonyl (C=O) groups is 1. The summed E-state index contributed by atoms with van der Waals surface area (Å²) in [6, 6.07) is 12.6. The Morgan fingerprint density at radius 2 is 1.91 bits per heavy atom. The van der Waals surface area contributed by atoms with Crippen LogP contribution in [0.5, 0.6) is 0 Å². The summed E-state index contributed by atoms with van der Waals surface area (Å²) >= 11 is 1.33. The van der Waals surface area contributed by atoms with Crippen LogP contribution in [0.25, 0.3) is 6.08 Å². The Bertz CT molecular complexity index is 740. The minimum atomic E-state index is -0.597. The number of aryl methyl sites for hydroxylation is 1. The normalized spacial score (nSPS) is 10.8. The number of hydrogen-bond donors (Lipinski definition) is 1. The number of nitrogens with zero attached hydrogens (tertiary/aromatic N) is 1. The molecule has 0 fully saturated rings. The predicted molar refractivity (Wildman–Crippen MR) is 86.6 cm³/mol. The summed E-state index contributed by atoms with van der Waals surface area (Å²) in [5, 5.41) is 11.2. The second-order valence-electron chi connectivity index (χ2n) is 4.64. The highest BCUT2D eigenvalue weighted by atomic mass is 32.2. The summed E-state index contributed by atoms with van der Waals surface area (Å²) in [6.45, 7) is 1.98. The van der Waals surface area contributed by atoms with Crippen molar-refractivity contribution in [1.82, 2.24) is 0 Å². The number of primary amides is 1. The fourth-order valence-corrected chi connectivity index (χ4v) is 2.68. The third-order valence-electron chi connectivity index (χ3n) is 2.87. The zero-order valence-electron chi connectivity index (χ0n) is 11.9. The van der Waals surface area contributed by atoms with Gasteiger partial charge in [0, 0.05) is 17.0 Å². The number of nitro groups is 1. The molecule has 0 heterocycles. The molecule has 0 aliphatic rings. The Balaban J connectivity index is 2.32. The van der Waals surface area contributed by atoms with Gasteiger partial charge in [-0.1, -0.05) is 35.5 Å². The lowest BCUT2D eigenvalue weighted by Crippen LogP contribution is -2.05. The molecule has 0 unspecified atom stereocenters. The van der Waals surface area contributed by atoms with Crippen LogP contribution in [0.2, 0.25) is 0 Å². The summed E-state index contributed by atoms with van der Waals surface area (Å²) in [7, 11) is 0. The van der Waals surface area contributed by atoms with E-state index in [-0.39, 0.29) is 5.69 Å². The van der Waals surface area contributed by atoms with Crippen LogP contribution in [0.4, 0.5) is 5.69 Å². The SMILES string of the molecule is Cc1ccc(Sc2ccc(/C=C/C(N)=O)cc2[N+](=O)[O-])cc1. The quantitative estimate of drug-likeness (QED) is 0.519. The lowest BCUT2D eigenvalue weighted by molar-refractivity contribution is -0.387. The second kappa shape index (κ2) is 6.91. The molecule has 0 spiro atoms. The van der Waals surface area contributed by atoms with Gasteiger partial charge in [0.25, 0.3) is 5.69 Å². The molecule has 5 nitrogen and oxygen atoms in total. The van der Waals surface area contributed by atoms with Crippen molar-refractivity contribution in [3.05, 3.63) is 69.8 Å². The molecule has 0 bridgehead atoms. The Hall–Kier alpha value is -2.60. The first kappa shape index (κ1) is 15.8. The Labute approximate surface area is 132 Å². The van der Waals surface area contributed by atoms with E-state index in [1.807, 2.05) is 31.2 Å². The summed E-state index contributed by atoms with van der Waals surface area (Å²) < 4.78 is 0. The zero-order valence-corrected chi connectivity index (χ0v) is 12.7. The van der Waals surface area contributed by atoms with Gasteiger partial charge in [-0.3, -0.25) is 14.9 Å². The molecule has 0 saturated carbocycles. The molecule has 0 aromatic heterocycles.